The molecule has 0 fully saturated rings. The van der Waals surface area contributed by atoms with Crippen LogP contribution in [0.1, 0.15) is 18.4 Å². The predicted octanol–water partition coefficient (Wildman–Crippen LogP) is 0.893. The fourth-order valence-electron chi connectivity index (χ4n) is 2.69. The van der Waals surface area contributed by atoms with Gasteiger partial charge in [0.15, 0.2) is 5.96 Å². The quantitative estimate of drug-likeness (QED) is 0.197. The molecule has 0 spiro atoms. The average Bonchev–Trinajstić information content (AvgIpc) is 2.67. The number of para-hydroxylation sites is 2. The van der Waals surface area contributed by atoms with Crippen molar-refractivity contribution in [2.75, 3.05) is 17.2 Å². The monoisotopic (exact) mass is 398 g/mol. The zero-order chi connectivity index (χ0) is 21.2. The molecule has 2 aromatic carbocycles. The molecule has 9 N–H and O–H groups in total. The second-order valence-corrected chi connectivity index (χ2v) is 6.49. The molecular weight excluding hydrogens is 372 g/mol. The lowest BCUT2D eigenvalue weighted by molar-refractivity contribution is -0.119. The smallest absolute Gasteiger partial charge is 0.239 e. The second-order valence-electron chi connectivity index (χ2n) is 6.49. The molecule has 9 nitrogen and oxygen atoms in total. The number of primary amides is 1. The molecule has 0 aliphatic carbocycles. The number of aliphatic imine (C=N–C) groups is 1. The van der Waals surface area contributed by atoms with E-state index in [9.17, 15) is 14.7 Å². The van der Waals surface area contributed by atoms with E-state index in [0.717, 1.165) is 5.56 Å². The van der Waals surface area contributed by atoms with E-state index in [1.54, 1.807) is 36.4 Å². The normalized spacial score (nSPS) is 11.3. The number of nitrogens with one attached hydrogen (secondary N) is 2. The van der Waals surface area contributed by atoms with Crippen LogP contribution in [0.2, 0.25) is 0 Å². The van der Waals surface area contributed by atoms with Crippen molar-refractivity contribution in [2.24, 2.45) is 22.2 Å². The van der Waals surface area contributed by atoms with Gasteiger partial charge >= 0.3 is 0 Å². The number of hydrogen-bond donors (Lipinski definition) is 6. The van der Waals surface area contributed by atoms with Crippen LogP contribution in [0.25, 0.3) is 0 Å². The third-order valence-electron chi connectivity index (χ3n) is 4.12. The molecule has 0 bridgehead atoms. The number of aromatic hydroxyl groups is 1. The van der Waals surface area contributed by atoms with E-state index >= 15 is 0 Å². The van der Waals surface area contributed by atoms with Crippen molar-refractivity contribution in [3.8, 4) is 5.75 Å². The van der Waals surface area contributed by atoms with Crippen molar-refractivity contribution in [3.63, 3.8) is 0 Å². The maximum Gasteiger partial charge on any atom is 0.239 e. The average molecular weight is 398 g/mol. The number of nitrogens with zero attached hydrogens (tertiary/aromatic N) is 1. The summed E-state index contributed by atoms with van der Waals surface area (Å²) in [6, 6.07) is 12.8. The summed E-state index contributed by atoms with van der Waals surface area (Å²) in [7, 11) is 0. The van der Waals surface area contributed by atoms with Gasteiger partial charge in [-0.15, -0.1) is 0 Å². The Labute approximate surface area is 169 Å². The Morgan fingerprint density at radius 3 is 2.28 bits per heavy atom. The fraction of sp³-hybridized carbons (Fsp3) is 0.250. The molecule has 0 aromatic heterocycles. The van der Waals surface area contributed by atoms with Gasteiger partial charge < -0.3 is 32.9 Å². The summed E-state index contributed by atoms with van der Waals surface area (Å²) >= 11 is 0. The third-order valence-corrected chi connectivity index (χ3v) is 4.12. The summed E-state index contributed by atoms with van der Waals surface area (Å²) in [4.78, 5) is 28.1. The zero-order valence-corrected chi connectivity index (χ0v) is 16.0. The largest absolute Gasteiger partial charge is 0.508 e. The second kappa shape index (κ2) is 10.5. The van der Waals surface area contributed by atoms with Gasteiger partial charge in [-0.2, -0.15) is 0 Å². The summed E-state index contributed by atoms with van der Waals surface area (Å²) in [5.41, 5.74) is 18.0. The minimum atomic E-state index is -0.639. The number of hydrogen-bond acceptors (Lipinski definition) is 5. The van der Waals surface area contributed by atoms with Gasteiger partial charge in [0.05, 0.1) is 17.8 Å². The van der Waals surface area contributed by atoms with E-state index in [0.29, 0.717) is 30.8 Å². The summed E-state index contributed by atoms with van der Waals surface area (Å²) < 4.78 is 0. The molecule has 154 valence electrons. The Morgan fingerprint density at radius 2 is 1.66 bits per heavy atom. The van der Waals surface area contributed by atoms with E-state index in [-0.39, 0.29) is 24.0 Å². The lowest BCUT2D eigenvalue weighted by Crippen LogP contribution is -2.36. The molecule has 0 heterocycles. The van der Waals surface area contributed by atoms with Crippen molar-refractivity contribution in [1.29, 1.82) is 0 Å². The van der Waals surface area contributed by atoms with Crippen molar-refractivity contribution < 1.29 is 14.7 Å². The van der Waals surface area contributed by atoms with Crippen molar-refractivity contribution in [1.82, 2.24) is 0 Å². The van der Waals surface area contributed by atoms with Crippen molar-refractivity contribution in [2.45, 2.75) is 25.3 Å². The lowest BCUT2D eigenvalue weighted by Gasteiger charge is -2.19. The molecule has 0 aliphatic heterocycles. The predicted molar refractivity (Wildman–Crippen MR) is 113 cm³/mol. The summed E-state index contributed by atoms with van der Waals surface area (Å²) in [6.45, 7) is 0.388. The first-order valence-electron chi connectivity index (χ1n) is 9.13. The number of anilines is 2. The van der Waals surface area contributed by atoms with E-state index in [1.165, 1.54) is 12.1 Å². The van der Waals surface area contributed by atoms with Crippen LogP contribution >= 0.6 is 0 Å². The maximum atomic E-state index is 12.4. The van der Waals surface area contributed by atoms with Gasteiger partial charge in [0, 0.05) is 6.54 Å². The van der Waals surface area contributed by atoms with Crippen LogP contribution in [0.4, 0.5) is 11.4 Å². The van der Waals surface area contributed by atoms with E-state index in [4.69, 9.17) is 17.2 Å². The Hall–Kier alpha value is -3.75. The minimum Gasteiger partial charge on any atom is -0.508 e. The number of rotatable bonds is 10. The van der Waals surface area contributed by atoms with Crippen molar-refractivity contribution in [3.05, 3.63) is 54.1 Å². The molecule has 2 aromatic rings. The summed E-state index contributed by atoms with van der Waals surface area (Å²) in [5, 5.41) is 15.2. The van der Waals surface area contributed by atoms with Crippen LogP contribution in [0.5, 0.6) is 5.75 Å². The van der Waals surface area contributed by atoms with Gasteiger partial charge in [0.2, 0.25) is 11.8 Å². The first-order chi connectivity index (χ1) is 13.8. The molecule has 2 amide bonds. The standard InChI is InChI=1S/C20H26N6O3/c21-19(29)17(6-3-11-24-20(22)23)25-15-4-1-2-5-16(15)26-18(28)12-13-7-9-14(27)10-8-13/h1-2,4-5,7-10,17,25,27H,3,6,11-12H2,(H2,21,29)(H,26,28)(H4,22,23,24)/t17-/m1/s1. The zero-order valence-electron chi connectivity index (χ0n) is 16.0. The van der Waals surface area contributed by atoms with Gasteiger partial charge in [-0.25, -0.2) is 0 Å². The molecule has 9 heteroatoms. The van der Waals surface area contributed by atoms with Gasteiger partial charge in [0.25, 0.3) is 0 Å². The van der Waals surface area contributed by atoms with Crippen molar-refractivity contribution >= 4 is 29.1 Å². The van der Waals surface area contributed by atoms with Crippen LogP contribution < -0.4 is 27.8 Å². The van der Waals surface area contributed by atoms with E-state index < -0.39 is 11.9 Å². The minimum absolute atomic E-state index is 0.00438. The number of phenols is 1. The topological polar surface area (TPSA) is 169 Å². The van der Waals surface area contributed by atoms with E-state index in [2.05, 4.69) is 15.6 Å². The molecular formula is C20H26N6O3. The highest BCUT2D eigenvalue weighted by atomic mass is 16.3. The number of carbonyl (C=O) groups is 2. The van der Waals surface area contributed by atoms with Gasteiger partial charge in [0.1, 0.15) is 11.8 Å². The summed E-state index contributed by atoms with van der Waals surface area (Å²) in [6.07, 6.45) is 1.14. The molecule has 29 heavy (non-hydrogen) atoms. The van der Waals surface area contributed by atoms with Crippen LogP contribution in [-0.4, -0.2) is 35.5 Å². The Kier molecular flexibility index (Phi) is 7.84. The van der Waals surface area contributed by atoms with Gasteiger partial charge in [-0.05, 0) is 42.7 Å². The highest BCUT2D eigenvalue weighted by molar-refractivity contribution is 5.96. The SMILES string of the molecule is NC(=O)[C@@H](CCCN=C(N)N)Nc1ccccc1NC(=O)Cc1ccc(O)cc1. The highest BCUT2D eigenvalue weighted by Crippen LogP contribution is 2.23. The molecule has 0 saturated heterocycles. The molecule has 0 unspecified atom stereocenters. The molecule has 0 aliphatic rings. The lowest BCUT2D eigenvalue weighted by atomic mass is 10.1. The third kappa shape index (κ3) is 7.41. The van der Waals surface area contributed by atoms with E-state index in [1.807, 2.05) is 0 Å². The number of phenolic OH excluding ortho intramolecular Hbond substituents is 1. The first-order valence-corrected chi connectivity index (χ1v) is 9.13. The van der Waals surface area contributed by atoms with Gasteiger partial charge in [-0.1, -0.05) is 24.3 Å². The number of amides is 2. The van der Waals surface area contributed by atoms with Crippen LogP contribution in [0.15, 0.2) is 53.5 Å². The number of carbonyl (C=O) groups excluding carboxylic acids is 2. The molecule has 1 atom stereocenters. The Morgan fingerprint density at radius 1 is 1.00 bits per heavy atom. The van der Waals surface area contributed by atoms with Crippen LogP contribution in [-0.2, 0) is 16.0 Å². The number of nitrogens with two attached hydrogens (primary N) is 3. The highest BCUT2D eigenvalue weighted by Gasteiger charge is 2.17. The first kappa shape index (κ1) is 21.5. The van der Waals surface area contributed by atoms with Gasteiger partial charge in [-0.3, -0.25) is 14.6 Å². The van der Waals surface area contributed by atoms with Crippen LogP contribution in [0, 0.1) is 0 Å². The Bertz CT molecular complexity index is 863. The molecule has 0 saturated carbocycles. The summed E-state index contributed by atoms with van der Waals surface area (Å²) in [5.74, 6) is -0.607. The molecule has 0 radical (unpaired) electrons. The Balaban J connectivity index is 2.02. The maximum absolute atomic E-state index is 12.4. The van der Waals surface area contributed by atoms with Crippen LogP contribution in [0.3, 0.4) is 0 Å². The number of guanidine groups is 1. The molecule has 2 rings (SSSR count). The number of benzene rings is 2. The fourth-order valence-corrected chi connectivity index (χ4v) is 2.69.